The maximum atomic E-state index is 13.8. The van der Waals surface area contributed by atoms with E-state index in [0.29, 0.717) is 12.0 Å². The van der Waals surface area contributed by atoms with Crippen LogP contribution in [0.4, 0.5) is 0 Å². The third-order valence-corrected chi connectivity index (χ3v) is 13.4. The Kier molecular flexibility index (Phi) is 23.5. The van der Waals surface area contributed by atoms with Crippen LogP contribution >= 0.6 is 0 Å². The molecule has 0 aromatic rings. The molecule has 68 heavy (non-hydrogen) atoms. The van der Waals surface area contributed by atoms with Crippen LogP contribution in [0.5, 0.6) is 0 Å². The summed E-state index contributed by atoms with van der Waals surface area (Å²) >= 11 is 0. The van der Waals surface area contributed by atoms with Crippen LogP contribution in [0.2, 0.25) is 0 Å². The lowest BCUT2D eigenvalue weighted by atomic mass is 9.79. The van der Waals surface area contributed by atoms with E-state index < -0.39 is 145 Å². The maximum absolute atomic E-state index is 13.8. The van der Waals surface area contributed by atoms with E-state index in [1.807, 2.05) is 19.9 Å². The molecule has 4 rings (SSSR count). The lowest BCUT2D eigenvalue weighted by Crippen LogP contribution is -2.65. The Hall–Kier alpha value is -3.07. The molecule has 5 N–H and O–H groups in total. The fourth-order valence-corrected chi connectivity index (χ4v) is 9.51. The number of aldehydes is 1. The predicted molar refractivity (Wildman–Crippen MR) is 241 cm³/mol. The number of methoxy groups -OCH3 is 2. The standard InChI is InChI=1S/C46H77NO17.NO3/c1-13-33-30(22-58-45-42(57-12)41(56-11)37(52)26(5)60-45)18-23(2)14-15-31(49)24(3)19-29(16-17-48)39(25(4)32(50)20-34(51)62-33)64-44-38(53)36(47(9)10)40(27(6)61-44)63-35-21-46(8,55)43(54)28(7)59-35;2-1(3)4/h14-15,17-18,24-30,32-33,35-45,50,52-55H,13,16,19-22H2,1-12H3;/q;-1/b15-14+,23-18+;/t24-,25+,26-,27-,28+,29+,30?,32-,33-,35+,36-,37-,38-,39-,40-,41-,42-,43+,44-,45-,46-;/m1./s1. The molecule has 1 unspecified atom stereocenters. The first-order valence-electron chi connectivity index (χ1n) is 23.2. The molecule has 0 aliphatic carbocycles. The molecule has 0 spiro atoms. The maximum Gasteiger partial charge on any atom is 0.308 e. The molecular formula is C46H77N2O20-. The summed E-state index contributed by atoms with van der Waals surface area (Å²) in [7, 11) is 6.43. The Labute approximate surface area is 398 Å². The SMILES string of the molecule is CC[C@H]1OC(=O)C[C@@H](O)[C@H](C)[C@@H](O[C@H]2O[C@H](C)[C@@H](O[C@H]3C[C@@](C)(O)[C@@H](O)[C@H](C)O3)[C@H](N(C)C)[C@H]2O)[C@@H](CC=O)C[C@@H](C)C(=O)/C=C/C(C)=C/C1CO[C@@H]1O[C@H](C)[C@@H](O)[C@@H](OC)[C@H]1OC.O=[N+]([O-])[O-]. The number of carbonyl (C=O) groups excluding carboxylic acids is 3. The van der Waals surface area contributed by atoms with Gasteiger partial charge in [-0.05, 0) is 73.5 Å². The number of cyclic esters (lactones) is 1. The summed E-state index contributed by atoms with van der Waals surface area (Å²) < 4.78 is 54.7. The molecule has 4 aliphatic rings. The highest BCUT2D eigenvalue weighted by Crippen LogP contribution is 2.37. The van der Waals surface area contributed by atoms with Gasteiger partial charge in [0.25, 0.3) is 0 Å². The summed E-state index contributed by atoms with van der Waals surface area (Å²) in [5.74, 6) is -3.59. The van der Waals surface area contributed by atoms with Crippen LogP contribution in [0.25, 0.3) is 0 Å². The molecule has 4 heterocycles. The van der Waals surface area contributed by atoms with Gasteiger partial charge in [0.05, 0.1) is 60.3 Å². The van der Waals surface area contributed by atoms with E-state index in [9.17, 15) is 39.9 Å². The van der Waals surface area contributed by atoms with Crippen molar-refractivity contribution < 1.29 is 87.6 Å². The average Bonchev–Trinajstić information content (AvgIpc) is 3.25. The predicted octanol–water partition coefficient (Wildman–Crippen LogP) is 1.59. The van der Waals surface area contributed by atoms with Gasteiger partial charge in [-0.15, -0.1) is 0 Å². The second-order valence-corrected chi connectivity index (χ2v) is 19.0. The van der Waals surface area contributed by atoms with Gasteiger partial charge < -0.3 is 93.2 Å². The number of aliphatic hydroxyl groups excluding tert-OH is 4. The minimum Gasteiger partial charge on any atom is -0.462 e. The van der Waals surface area contributed by atoms with E-state index in [1.54, 1.807) is 59.7 Å². The summed E-state index contributed by atoms with van der Waals surface area (Å²) in [5.41, 5.74) is -0.806. The van der Waals surface area contributed by atoms with Gasteiger partial charge >= 0.3 is 5.97 Å². The summed E-state index contributed by atoms with van der Waals surface area (Å²) in [6, 6.07) is -0.748. The molecule has 0 bridgehead atoms. The number of nitrogens with zero attached hydrogens (tertiary/aromatic N) is 2. The Balaban J connectivity index is 0.00000294. The van der Waals surface area contributed by atoms with Crippen molar-refractivity contribution in [2.24, 2.45) is 23.7 Å². The average molecular weight is 978 g/mol. The third-order valence-electron chi connectivity index (χ3n) is 13.4. The van der Waals surface area contributed by atoms with E-state index in [-0.39, 0.29) is 31.7 Å². The second-order valence-electron chi connectivity index (χ2n) is 19.0. The molecular weight excluding hydrogens is 900 g/mol. The van der Waals surface area contributed by atoms with Crippen LogP contribution in [0.1, 0.15) is 87.5 Å². The first-order chi connectivity index (χ1) is 31.8. The highest BCUT2D eigenvalue weighted by Gasteiger charge is 2.52. The number of ketones is 1. The van der Waals surface area contributed by atoms with E-state index in [4.69, 9.17) is 58.0 Å². The van der Waals surface area contributed by atoms with Crippen LogP contribution in [-0.2, 0) is 57.0 Å². The van der Waals surface area contributed by atoms with Crippen LogP contribution in [-0.4, -0.2) is 192 Å². The quantitative estimate of drug-likeness (QED) is 0.0757. The van der Waals surface area contributed by atoms with Crippen molar-refractivity contribution >= 4 is 18.0 Å². The van der Waals surface area contributed by atoms with Gasteiger partial charge in [0, 0.05) is 44.8 Å². The highest BCUT2D eigenvalue weighted by molar-refractivity contribution is 5.91. The Bertz CT molecular complexity index is 1660. The van der Waals surface area contributed by atoms with Crippen LogP contribution in [0, 0.1) is 39.0 Å². The van der Waals surface area contributed by atoms with Gasteiger partial charge in [-0.3, -0.25) is 9.59 Å². The van der Waals surface area contributed by atoms with Gasteiger partial charge in [-0.25, -0.2) is 0 Å². The topological polar surface area (TPSA) is 305 Å². The first kappa shape index (κ1) is 59.2. The van der Waals surface area contributed by atoms with Crippen molar-refractivity contribution in [1.29, 1.82) is 0 Å². The number of esters is 1. The normalized spacial score (nSPS) is 43.6. The van der Waals surface area contributed by atoms with Crippen molar-refractivity contribution in [3.05, 3.63) is 39.1 Å². The lowest BCUT2D eigenvalue weighted by molar-refractivity contribution is -0.402. The van der Waals surface area contributed by atoms with E-state index >= 15 is 0 Å². The van der Waals surface area contributed by atoms with E-state index in [2.05, 4.69) is 0 Å². The molecule has 392 valence electrons. The summed E-state index contributed by atoms with van der Waals surface area (Å²) in [4.78, 5) is 49.8. The molecule has 22 nitrogen and oxygen atoms in total. The number of hydrogen-bond donors (Lipinski definition) is 5. The van der Waals surface area contributed by atoms with Gasteiger partial charge in [0.2, 0.25) is 0 Å². The number of likely N-dealkylation sites (N-methyl/N-ethyl adjacent to an activating group) is 1. The van der Waals surface area contributed by atoms with E-state index in [1.165, 1.54) is 27.2 Å². The monoisotopic (exact) mass is 978 g/mol. The van der Waals surface area contributed by atoms with E-state index in [0.717, 1.165) is 6.29 Å². The largest absolute Gasteiger partial charge is 0.462 e. The molecule has 0 amide bonds. The molecule has 0 aromatic heterocycles. The van der Waals surface area contributed by atoms with Crippen LogP contribution in [0.15, 0.2) is 23.8 Å². The molecule has 0 saturated carbocycles. The molecule has 22 heteroatoms. The number of aliphatic hydroxyl groups is 5. The zero-order valence-corrected chi connectivity index (χ0v) is 41.4. The number of rotatable bonds is 13. The second kappa shape index (κ2) is 26.9. The number of carbonyl (C=O) groups is 3. The molecule has 3 saturated heterocycles. The molecule has 21 atom stereocenters. The van der Waals surface area contributed by atoms with Crippen molar-refractivity contribution in [2.45, 2.75) is 191 Å². The highest BCUT2D eigenvalue weighted by atomic mass is 16.9. The number of allylic oxidation sites excluding steroid dienone is 3. The van der Waals surface area contributed by atoms with Crippen molar-refractivity contribution in [1.82, 2.24) is 4.90 Å². The minimum atomic E-state index is -1.75. The Morgan fingerprint density at radius 1 is 0.882 bits per heavy atom. The summed E-state index contributed by atoms with van der Waals surface area (Å²) in [6.07, 6.45) is -8.49. The molecule has 3 fully saturated rings. The van der Waals surface area contributed by atoms with Gasteiger partial charge in [0.15, 0.2) is 24.7 Å². The van der Waals surface area contributed by atoms with Crippen LogP contribution in [0.3, 0.4) is 0 Å². The van der Waals surface area contributed by atoms with Crippen LogP contribution < -0.4 is 0 Å². The van der Waals surface area contributed by atoms with Gasteiger partial charge in [0.1, 0.15) is 49.0 Å². The summed E-state index contributed by atoms with van der Waals surface area (Å²) in [5, 5.41) is 70.5. The number of hydrogen-bond acceptors (Lipinski definition) is 21. The van der Waals surface area contributed by atoms with Gasteiger partial charge in [-0.1, -0.05) is 38.5 Å². The first-order valence-corrected chi connectivity index (χ1v) is 23.2. The zero-order valence-electron chi connectivity index (χ0n) is 41.4. The zero-order chi connectivity index (χ0) is 51.4. The molecule has 0 aromatic carbocycles. The lowest BCUT2D eigenvalue weighted by Gasteiger charge is -2.50. The van der Waals surface area contributed by atoms with Crippen molar-refractivity contribution in [3.8, 4) is 0 Å². The van der Waals surface area contributed by atoms with Crippen molar-refractivity contribution in [2.75, 3.05) is 34.9 Å². The molecule has 4 aliphatic heterocycles. The fraction of sp³-hybridized carbons (Fsp3) is 0.848. The van der Waals surface area contributed by atoms with Gasteiger partial charge in [-0.2, -0.15) is 0 Å². The third kappa shape index (κ3) is 16.0. The fourth-order valence-electron chi connectivity index (χ4n) is 9.51. The number of ether oxygens (including phenoxy) is 9. The summed E-state index contributed by atoms with van der Waals surface area (Å²) in [6.45, 7) is 13.6. The smallest absolute Gasteiger partial charge is 0.308 e. The van der Waals surface area contributed by atoms with Crippen molar-refractivity contribution in [3.63, 3.8) is 0 Å². The minimum absolute atomic E-state index is 0.00788. The Morgan fingerprint density at radius 2 is 1.50 bits per heavy atom. The Morgan fingerprint density at radius 3 is 2.06 bits per heavy atom. The molecule has 0 radical (unpaired) electrons.